The Morgan fingerprint density at radius 2 is 1.10 bits per heavy atom. The first kappa shape index (κ1) is 26.0. The van der Waals surface area contributed by atoms with Gasteiger partial charge in [-0.1, -0.05) is 6.58 Å². The Morgan fingerprint density at radius 3 is 1.64 bits per heavy atom. The molecule has 0 N–H and O–H groups in total. The van der Waals surface area contributed by atoms with E-state index in [0.717, 1.165) is 76.4 Å². The fraction of sp³-hybridized carbons (Fsp3) is 0.171. The zero-order chi connectivity index (χ0) is 28.8. The van der Waals surface area contributed by atoms with Gasteiger partial charge >= 0.3 is 0 Å². The lowest BCUT2D eigenvalue weighted by Gasteiger charge is -2.18. The Bertz CT molecular complexity index is 1840. The molecule has 0 radical (unpaired) electrons. The normalized spacial score (nSPS) is 14.4. The van der Waals surface area contributed by atoms with Crippen LogP contribution in [0.25, 0.3) is 38.8 Å². The van der Waals surface area contributed by atoms with Crippen LogP contribution < -0.4 is 0 Å². The number of carbonyl (C=O) groups is 1. The SMILES string of the molecule is C=C1CCCc2cc3c(cnn3-c3ccc(F)cc3)cc21.O=C1CCCc2cc3c(cnn3-c3ccc(F)cc3)cc21. The van der Waals surface area contributed by atoms with Gasteiger partial charge in [-0.25, -0.2) is 18.1 Å². The first-order chi connectivity index (χ1) is 20.4. The first-order valence-electron chi connectivity index (χ1n) is 14.2. The summed E-state index contributed by atoms with van der Waals surface area (Å²) in [6.07, 6.45) is 9.38. The molecule has 0 bridgehead atoms. The second kappa shape index (κ2) is 10.5. The van der Waals surface area contributed by atoms with Crippen molar-refractivity contribution in [2.75, 3.05) is 0 Å². The van der Waals surface area contributed by atoms with E-state index in [0.29, 0.717) is 6.42 Å². The lowest BCUT2D eigenvalue weighted by Crippen LogP contribution is -2.10. The van der Waals surface area contributed by atoms with Crippen LogP contribution in [0.2, 0.25) is 0 Å². The van der Waals surface area contributed by atoms with E-state index >= 15 is 0 Å². The van der Waals surface area contributed by atoms with Crippen LogP contribution >= 0.6 is 0 Å². The Morgan fingerprint density at radius 1 is 0.619 bits per heavy atom. The van der Waals surface area contributed by atoms with Gasteiger partial charge in [-0.3, -0.25) is 4.79 Å². The monoisotopic (exact) mass is 558 g/mol. The van der Waals surface area contributed by atoms with Crippen LogP contribution in [0.5, 0.6) is 0 Å². The summed E-state index contributed by atoms with van der Waals surface area (Å²) in [5, 5.41) is 10.9. The maximum atomic E-state index is 13.1. The van der Waals surface area contributed by atoms with Crippen LogP contribution in [0, 0.1) is 11.6 Å². The maximum absolute atomic E-state index is 13.1. The number of allylic oxidation sites excluding steroid dienone is 1. The van der Waals surface area contributed by atoms with Crippen molar-refractivity contribution in [2.45, 2.75) is 38.5 Å². The molecule has 4 aromatic carbocycles. The van der Waals surface area contributed by atoms with Gasteiger partial charge in [0.1, 0.15) is 11.6 Å². The minimum Gasteiger partial charge on any atom is -0.294 e. The molecule has 0 unspecified atom stereocenters. The highest BCUT2D eigenvalue weighted by Crippen LogP contribution is 2.33. The predicted octanol–water partition coefficient (Wildman–Crippen LogP) is 8.20. The standard InChI is InChI=1S/C18H15FN2.C17H13FN2O/c1-12-3-2-4-13-10-18-14(9-17(12)13)11-20-21(18)16-7-5-15(19)6-8-16;18-13-4-6-14(7-5-13)20-16-9-11-2-1-3-17(21)15(11)8-12(16)10-19-20/h5-11H,1-4H2;4-10H,1-3H2. The van der Waals surface area contributed by atoms with Gasteiger partial charge in [0, 0.05) is 22.8 Å². The Hall–Kier alpha value is -4.91. The topological polar surface area (TPSA) is 52.7 Å². The fourth-order valence-electron chi connectivity index (χ4n) is 6.01. The van der Waals surface area contributed by atoms with Gasteiger partial charge in [0.25, 0.3) is 0 Å². The molecule has 2 aliphatic rings. The molecule has 8 rings (SSSR count). The fourth-order valence-corrected chi connectivity index (χ4v) is 6.01. The summed E-state index contributed by atoms with van der Waals surface area (Å²) in [6.45, 7) is 4.17. The second-order valence-electron chi connectivity index (χ2n) is 10.9. The number of carbonyl (C=O) groups excluding carboxylic acids is 1. The number of benzene rings is 4. The zero-order valence-corrected chi connectivity index (χ0v) is 23.0. The van der Waals surface area contributed by atoms with E-state index in [9.17, 15) is 13.6 Å². The summed E-state index contributed by atoms with van der Waals surface area (Å²) < 4.78 is 29.8. The Balaban J connectivity index is 0.000000137. The van der Waals surface area contributed by atoms with Crippen LogP contribution in [0.1, 0.15) is 52.7 Å². The minimum atomic E-state index is -0.266. The summed E-state index contributed by atoms with van der Waals surface area (Å²) in [7, 11) is 0. The predicted molar refractivity (Wildman–Crippen MR) is 161 cm³/mol. The molecule has 2 aliphatic carbocycles. The first-order valence-corrected chi connectivity index (χ1v) is 14.2. The number of aromatic nitrogens is 4. The number of ketones is 1. The molecule has 0 saturated carbocycles. The summed E-state index contributed by atoms with van der Waals surface area (Å²) >= 11 is 0. The lowest BCUT2D eigenvalue weighted by atomic mass is 9.87. The van der Waals surface area contributed by atoms with E-state index in [1.807, 2.05) is 23.0 Å². The van der Waals surface area contributed by atoms with Crippen molar-refractivity contribution in [3.63, 3.8) is 0 Å². The van der Waals surface area contributed by atoms with Crippen LogP contribution in [0.15, 0.2) is 91.8 Å². The number of aryl methyl sites for hydroxylation is 2. The summed E-state index contributed by atoms with van der Waals surface area (Å²) in [5.41, 5.74) is 9.44. The number of nitrogens with zero attached hydrogens (tertiary/aromatic N) is 4. The summed E-state index contributed by atoms with van der Waals surface area (Å²) in [6, 6.07) is 21.0. The van der Waals surface area contributed by atoms with Crippen molar-refractivity contribution in [1.29, 1.82) is 0 Å². The molecular weight excluding hydrogens is 530 g/mol. The highest BCUT2D eigenvalue weighted by atomic mass is 19.1. The van der Waals surface area contributed by atoms with Gasteiger partial charge in [0.05, 0.1) is 34.8 Å². The molecule has 7 heteroatoms. The van der Waals surface area contributed by atoms with Gasteiger partial charge in [0.15, 0.2) is 5.78 Å². The molecule has 42 heavy (non-hydrogen) atoms. The Labute approximate surface area is 241 Å². The summed E-state index contributed by atoms with van der Waals surface area (Å²) in [5.74, 6) is -0.283. The zero-order valence-electron chi connectivity index (χ0n) is 23.0. The molecule has 0 amide bonds. The van der Waals surface area contributed by atoms with E-state index < -0.39 is 0 Å². The molecule has 6 aromatic rings. The van der Waals surface area contributed by atoms with E-state index in [4.69, 9.17) is 0 Å². The molecule has 0 aliphatic heterocycles. The largest absolute Gasteiger partial charge is 0.294 e. The van der Waals surface area contributed by atoms with Crippen molar-refractivity contribution in [3.8, 4) is 11.4 Å². The number of rotatable bonds is 2. The van der Waals surface area contributed by atoms with E-state index in [-0.39, 0.29) is 17.4 Å². The van der Waals surface area contributed by atoms with Crippen molar-refractivity contribution < 1.29 is 13.6 Å². The second-order valence-corrected chi connectivity index (χ2v) is 10.9. The van der Waals surface area contributed by atoms with Crippen molar-refractivity contribution in [3.05, 3.63) is 126 Å². The molecule has 0 fully saturated rings. The van der Waals surface area contributed by atoms with Gasteiger partial charge in [-0.05, 0) is 127 Å². The number of fused-ring (bicyclic) bond motifs is 4. The van der Waals surface area contributed by atoms with Crippen molar-refractivity contribution in [2.24, 2.45) is 0 Å². The third-order valence-electron chi connectivity index (χ3n) is 8.18. The van der Waals surface area contributed by atoms with Gasteiger partial charge in [-0.15, -0.1) is 0 Å². The van der Waals surface area contributed by atoms with E-state index in [1.54, 1.807) is 35.1 Å². The van der Waals surface area contributed by atoms with Crippen LogP contribution in [-0.4, -0.2) is 25.3 Å². The smallest absolute Gasteiger partial charge is 0.163 e. The van der Waals surface area contributed by atoms with Crippen molar-refractivity contribution in [1.82, 2.24) is 19.6 Å². The van der Waals surface area contributed by atoms with Crippen LogP contribution in [-0.2, 0) is 12.8 Å². The molecule has 208 valence electrons. The highest BCUT2D eigenvalue weighted by molar-refractivity contribution is 6.02. The van der Waals surface area contributed by atoms with E-state index in [1.165, 1.54) is 41.0 Å². The maximum Gasteiger partial charge on any atom is 0.163 e. The number of Topliss-reactive ketones (excluding diaryl/α,β-unsaturated/α-hetero) is 1. The third-order valence-corrected chi connectivity index (χ3v) is 8.18. The molecule has 5 nitrogen and oxygen atoms in total. The van der Waals surface area contributed by atoms with Gasteiger partial charge in [-0.2, -0.15) is 10.2 Å². The molecule has 0 atom stereocenters. The third kappa shape index (κ3) is 4.71. The highest BCUT2D eigenvalue weighted by Gasteiger charge is 2.19. The van der Waals surface area contributed by atoms with Crippen molar-refractivity contribution >= 4 is 33.2 Å². The molecule has 0 saturated heterocycles. The molecular formula is C35H28F2N4O. The quantitative estimate of drug-likeness (QED) is 0.215. The summed E-state index contributed by atoms with van der Waals surface area (Å²) in [4.78, 5) is 12.0. The number of hydrogen-bond donors (Lipinski definition) is 0. The van der Waals surface area contributed by atoms with Gasteiger partial charge in [0.2, 0.25) is 0 Å². The Kier molecular flexibility index (Phi) is 6.50. The molecule has 0 spiro atoms. The van der Waals surface area contributed by atoms with Crippen LogP contribution in [0.4, 0.5) is 8.78 Å². The lowest BCUT2D eigenvalue weighted by molar-refractivity contribution is 0.0972. The van der Waals surface area contributed by atoms with Gasteiger partial charge < -0.3 is 0 Å². The number of halogens is 2. The van der Waals surface area contributed by atoms with E-state index in [2.05, 4.69) is 28.9 Å². The molecule has 2 aromatic heterocycles. The number of hydrogen-bond acceptors (Lipinski definition) is 3. The minimum absolute atomic E-state index is 0.215. The van der Waals surface area contributed by atoms with Crippen LogP contribution in [0.3, 0.4) is 0 Å². The molecule has 2 heterocycles. The average molecular weight is 559 g/mol. The average Bonchev–Trinajstić information content (AvgIpc) is 3.61.